The minimum atomic E-state index is -0.832. The van der Waals surface area contributed by atoms with Gasteiger partial charge < -0.3 is 10.0 Å². The molecule has 1 saturated heterocycles. The Balaban J connectivity index is 1.88. The van der Waals surface area contributed by atoms with Crippen LogP contribution in [0.5, 0.6) is 0 Å². The number of hydrogen-bond acceptors (Lipinski definition) is 2. The summed E-state index contributed by atoms with van der Waals surface area (Å²) in [6.45, 7) is 0.826. The summed E-state index contributed by atoms with van der Waals surface area (Å²) >= 11 is 11.9. The number of carbonyl (C=O) groups is 2. The van der Waals surface area contributed by atoms with Crippen LogP contribution in [0.4, 0.5) is 0 Å². The van der Waals surface area contributed by atoms with E-state index < -0.39 is 11.9 Å². The van der Waals surface area contributed by atoms with E-state index in [-0.39, 0.29) is 5.91 Å². The van der Waals surface area contributed by atoms with E-state index in [0.717, 1.165) is 5.56 Å². The summed E-state index contributed by atoms with van der Waals surface area (Å²) in [5.41, 5.74) is 0.874. The van der Waals surface area contributed by atoms with Crippen molar-refractivity contribution >= 4 is 35.1 Å². The molecule has 108 valence electrons. The third-order valence-corrected chi connectivity index (χ3v) is 4.10. The summed E-state index contributed by atoms with van der Waals surface area (Å²) in [5, 5.41) is 10.0. The van der Waals surface area contributed by atoms with Gasteiger partial charge in [0.25, 0.3) is 0 Å². The third kappa shape index (κ3) is 3.64. The van der Waals surface area contributed by atoms with Crippen LogP contribution in [0.2, 0.25) is 10.0 Å². The summed E-state index contributed by atoms with van der Waals surface area (Å²) in [6, 6.07) is 5.20. The molecule has 20 heavy (non-hydrogen) atoms. The van der Waals surface area contributed by atoms with Gasteiger partial charge in [-0.15, -0.1) is 0 Å². The maximum atomic E-state index is 12.0. The number of carbonyl (C=O) groups excluding carboxylic acids is 1. The van der Waals surface area contributed by atoms with Gasteiger partial charge in [0.1, 0.15) is 0 Å². The molecule has 0 radical (unpaired) electrons. The lowest BCUT2D eigenvalue weighted by Gasteiger charge is -2.16. The first-order valence-electron chi connectivity index (χ1n) is 6.42. The first-order valence-corrected chi connectivity index (χ1v) is 7.17. The second-order valence-corrected chi connectivity index (χ2v) is 5.74. The van der Waals surface area contributed by atoms with E-state index >= 15 is 0 Å². The number of carboxylic acids is 1. The lowest BCUT2D eigenvalue weighted by atomic mass is 10.1. The molecule has 1 N–H and O–H groups in total. The van der Waals surface area contributed by atoms with Crippen LogP contribution in [0, 0.1) is 5.92 Å². The Morgan fingerprint density at radius 1 is 1.35 bits per heavy atom. The summed E-state index contributed by atoms with van der Waals surface area (Å²) in [6.07, 6.45) is 1.39. The highest BCUT2D eigenvalue weighted by Gasteiger charge is 2.30. The highest BCUT2D eigenvalue weighted by Crippen LogP contribution is 2.23. The summed E-state index contributed by atoms with van der Waals surface area (Å²) < 4.78 is 0. The molecule has 0 aliphatic carbocycles. The number of hydrogen-bond donors (Lipinski definition) is 1. The van der Waals surface area contributed by atoms with Gasteiger partial charge in [0, 0.05) is 29.6 Å². The second-order valence-electron chi connectivity index (χ2n) is 4.90. The van der Waals surface area contributed by atoms with Crippen molar-refractivity contribution in [3.05, 3.63) is 33.8 Å². The number of amides is 1. The number of aryl methyl sites for hydroxylation is 1. The largest absolute Gasteiger partial charge is 0.481 e. The number of benzene rings is 1. The molecule has 1 aliphatic heterocycles. The number of rotatable bonds is 4. The van der Waals surface area contributed by atoms with E-state index in [2.05, 4.69) is 0 Å². The Kier molecular flexibility index (Phi) is 4.89. The van der Waals surface area contributed by atoms with Crippen LogP contribution in [0.15, 0.2) is 18.2 Å². The molecule has 1 amide bonds. The van der Waals surface area contributed by atoms with Crippen LogP contribution >= 0.6 is 23.2 Å². The van der Waals surface area contributed by atoms with Crippen LogP contribution in [0.25, 0.3) is 0 Å². The molecule has 1 aromatic rings. The Labute approximate surface area is 127 Å². The average Bonchev–Trinajstić information content (AvgIpc) is 2.87. The third-order valence-electron chi connectivity index (χ3n) is 3.51. The predicted molar refractivity (Wildman–Crippen MR) is 77.1 cm³/mol. The number of carboxylic acid groups (broad SMARTS) is 1. The van der Waals surface area contributed by atoms with Crippen molar-refractivity contribution in [2.45, 2.75) is 19.3 Å². The molecule has 1 fully saturated rings. The SMILES string of the molecule is O=C(O)[C@H]1CCN(C(=O)CCc2ccc(Cl)cc2Cl)C1. The monoisotopic (exact) mass is 315 g/mol. The zero-order valence-corrected chi connectivity index (χ0v) is 12.3. The molecular formula is C14H15Cl2NO3. The summed E-state index contributed by atoms with van der Waals surface area (Å²) in [4.78, 5) is 24.5. The molecule has 0 bridgehead atoms. The van der Waals surface area contributed by atoms with Crippen molar-refractivity contribution in [3.63, 3.8) is 0 Å². The average molecular weight is 316 g/mol. The van der Waals surface area contributed by atoms with Gasteiger partial charge in [-0.1, -0.05) is 29.3 Å². The smallest absolute Gasteiger partial charge is 0.308 e. The molecule has 4 nitrogen and oxygen atoms in total. The summed E-state index contributed by atoms with van der Waals surface area (Å²) in [5.74, 6) is -1.29. The molecule has 0 spiro atoms. The normalized spacial score (nSPS) is 18.3. The highest BCUT2D eigenvalue weighted by molar-refractivity contribution is 6.35. The Hall–Kier alpha value is -1.26. The van der Waals surface area contributed by atoms with Crippen molar-refractivity contribution in [3.8, 4) is 0 Å². The van der Waals surface area contributed by atoms with Crippen molar-refractivity contribution in [2.24, 2.45) is 5.92 Å². The van der Waals surface area contributed by atoms with Crippen LogP contribution in [0.3, 0.4) is 0 Å². The van der Waals surface area contributed by atoms with Crippen molar-refractivity contribution in [1.29, 1.82) is 0 Å². The van der Waals surface area contributed by atoms with Crippen molar-refractivity contribution in [1.82, 2.24) is 4.90 Å². The van der Waals surface area contributed by atoms with Gasteiger partial charge in [0.05, 0.1) is 5.92 Å². The Morgan fingerprint density at radius 3 is 2.70 bits per heavy atom. The van der Waals surface area contributed by atoms with Gasteiger partial charge in [0.2, 0.25) is 5.91 Å². The minimum absolute atomic E-state index is 0.0280. The fraction of sp³-hybridized carbons (Fsp3) is 0.429. The van der Waals surface area contributed by atoms with Gasteiger partial charge in [-0.25, -0.2) is 0 Å². The topological polar surface area (TPSA) is 57.6 Å². The van der Waals surface area contributed by atoms with E-state index in [9.17, 15) is 9.59 Å². The van der Waals surface area contributed by atoms with Crippen molar-refractivity contribution in [2.75, 3.05) is 13.1 Å². The van der Waals surface area contributed by atoms with E-state index in [1.54, 1.807) is 17.0 Å². The summed E-state index contributed by atoms with van der Waals surface area (Å²) in [7, 11) is 0. The molecule has 1 atom stereocenters. The molecule has 0 saturated carbocycles. The molecule has 1 heterocycles. The lowest BCUT2D eigenvalue weighted by Crippen LogP contribution is -2.30. The predicted octanol–water partition coefficient (Wildman–Crippen LogP) is 2.86. The minimum Gasteiger partial charge on any atom is -0.481 e. The molecule has 1 aromatic carbocycles. The maximum absolute atomic E-state index is 12.0. The Morgan fingerprint density at radius 2 is 2.10 bits per heavy atom. The number of nitrogens with zero attached hydrogens (tertiary/aromatic N) is 1. The van der Waals surface area contributed by atoms with E-state index in [1.807, 2.05) is 6.07 Å². The van der Waals surface area contributed by atoms with Crippen LogP contribution in [0.1, 0.15) is 18.4 Å². The van der Waals surface area contributed by atoms with E-state index in [1.165, 1.54) is 0 Å². The van der Waals surface area contributed by atoms with Crippen LogP contribution in [-0.2, 0) is 16.0 Å². The zero-order chi connectivity index (χ0) is 14.7. The highest BCUT2D eigenvalue weighted by atomic mass is 35.5. The first kappa shape index (κ1) is 15.1. The second kappa shape index (κ2) is 6.46. The van der Waals surface area contributed by atoms with Gasteiger partial charge in [-0.3, -0.25) is 9.59 Å². The molecule has 6 heteroatoms. The first-order chi connectivity index (χ1) is 9.47. The van der Waals surface area contributed by atoms with Crippen LogP contribution in [-0.4, -0.2) is 35.0 Å². The fourth-order valence-corrected chi connectivity index (χ4v) is 2.82. The quantitative estimate of drug-likeness (QED) is 0.929. The zero-order valence-electron chi connectivity index (χ0n) is 10.8. The fourth-order valence-electron chi connectivity index (χ4n) is 2.31. The standard InChI is InChI=1S/C14H15Cl2NO3/c15-11-3-1-9(12(16)7-11)2-4-13(18)17-6-5-10(8-17)14(19)20/h1,3,7,10H,2,4-6,8H2,(H,19,20)/t10-/m0/s1. The molecule has 0 aromatic heterocycles. The van der Waals surface area contributed by atoms with Gasteiger partial charge in [-0.2, -0.15) is 0 Å². The van der Waals surface area contributed by atoms with Gasteiger partial charge >= 0.3 is 5.97 Å². The van der Waals surface area contributed by atoms with E-state index in [0.29, 0.717) is 42.4 Å². The Bertz CT molecular complexity index is 533. The van der Waals surface area contributed by atoms with Crippen LogP contribution < -0.4 is 0 Å². The maximum Gasteiger partial charge on any atom is 0.308 e. The molecule has 1 aliphatic rings. The molecular weight excluding hydrogens is 301 g/mol. The van der Waals surface area contributed by atoms with Gasteiger partial charge in [-0.05, 0) is 30.5 Å². The van der Waals surface area contributed by atoms with Crippen molar-refractivity contribution < 1.29 is 14.7 Å². The number of aliphatic carboxylic acids is 1. The van der Waals surface area contributed by atoms with E-state index in [4.69, 9.17) is 28.3 Å². The number of halogens is 2. The van der Waals surface area contributed by atoms with Gasteiger partial charge in [0.15, 0.2) is 0 Å². The molecule has 2 rings (SSSR count). The molecule has 0 unspecified atom stereocenters. The lowest BCUT2D eigenvalue weighted by molar-refractivity contribution is -0.141. The number of likely N-dealkylation sites (tertiary alicyclic amines) is 1.